The van der Waals surface area contributed by atoms with Crippen molar-refractivity contribution in [2.24, 2.45) is 7.05 Å². The zero-order valence-corrected chi connectivity index (χ0v) is 11.3. The number of rotatable bonds is 7. The first kappa shape index (κ1) is 14.4. The molecular formula is C11H20N4O3. The van der Waals surface area contributed by atoms with Gasteiger partial charge < -0.3 is 10.1 Å². The van der Waals surface area contributed by atoms with Gasteiger partial charge in [-0.2, -0.15) is 5.10 Å². The summed E-state index contributed by atoms with van der Waals surface area (Å²) in [5.74, 6) is 0.459. The molecule has 1 aromatic heterocycles. The summed E-state index contributed by atoms with van der Waals surface area (Å²) >= 11 is 0. The lowest BCUT2D eigenvalue weighted by molar-refractivity contribution is -0.384. The molecule has 1 rings (SSSR count). The topological polar surface area (TPSA) is 82.2 Å². The Labute approximate surface area is 106 Å². The van der Waals surface area contributed by atoms with Gasteiger partial charge in [0.25, 0.3) is 0 Å². The molecule has 0 aliphatic heterocycles. The highest BCUT2D eigenvalue weighted by atomic mass is 16.6. The van der Waals surface area contributed by atoms with E-state index in [9.17, 15) is 10.1 Å². The van der Waals surface area contributed by atoms with Crippen molar-refractivity contribution < 1.29 is 9.66 Å². The Bertz CT molecular complexity index is 417. The van der Waals surface area contributed by atoms with Crippen LogP contribution in [0, 0.1) is 10.1 Å². The Morgan fingerprint density at radius 3 is 2.78 bits per heavy atom. The summed E-state index contributed by atoms with van der Waals surface area (Å²) < 4.78 is 6.52. The first-order chi connectivity index (χ1) is 8.51. The highest BCUT2D eigenvalue weighted by Gasteiger charge is 2.26. The molecule has 7 nitrogen and oxygen atoms in total. The van der Waals surface area contributed by atoms with Crippen LogP contribution in [0.4, 0.5) is 11.5 Å². The van der Waals surface area contributed by atoms with E-state index < -0.39 is 0 Å². The third kappa shape index (κ3) is 3.19. The molecule has 1 atom stereocenters. The van der Waals surface area contributed by atoms with Gasteiger partial charge in [-0.05, 0) is 19.8 Å². The SMILES string of the molecule is CCc1nn(C)c(NC(C)CCOC)c1[N+](=O)[O-]. The molecule has 0 spiro atoms. The van der Waals surface area contributed by atoms with Gasteiger partial charge in [0.1, 0.15) is 5.69 Å². The Morgan fingerprint density at radius 2 is 2.28 bits per heavy atom. The number of anilines is 1. The van der Waals surface area contributed by atoms with Crippen LogP contribution in [0.1, 0.15) is 26.0 Å². The van der Waals surface area contributed by atoms with E-state index >= 15 is 0 Å². The van der Waals surface area contributed by atoms with Crippen molar-refractivity contribution >= 4 is 11.5 Å². The number of methoxy groups -OCH3 is 1. The molecule has 0 saturated carbocycles. The second-order valence-corrected chi connectivity index (χ2v) is 4.21. The van der Waals surface area contributed by atoms with Gasteiger partial charge in [-0.1, -0.05) is 6.92 Å². The van der Waals surface area contributed by atoms with Crippen molar-refractivity contribution in [3.8, 4) is 0 Å². The van der Waals surface area contributed by atoms with Crippen LogP contribution in [-0.4, -0.2) is 34.5 Å². The quantitative estimate of drug-likeness (QED) is 0.593. The monoisotopic (exact) mass is 256 g/mol. The summed E-state index contributed by atoms with van der Waals surface area (Å²) in [5.41, 5.74) is 0.577. The molecule has 1 N–H and O–H groups in total. The predicted octanol–water partition coefficient (Wildman–Crippen LogP) is 1.73. The number of nitro groups is 1. The largest absolute Gasteiger partial charge is 0.385 e. The van der Waals surface area contributed by atoms with Crippen LogP contribution in [0.3, 0.4) is 0 Å². The van der Waals surface area contributed by atoms with Crippen LogP contribution in [-0.2, 0) is 18.2 Å². The lowest BCUT2D eigenvalue weighted by Crippen LogP contribution is -2.19. The average Bonchev–Trinajstić information content (AvgIpc) is 2.63. The highest BCUT2D eigenvalue weighted by Crippen LogP contribution is 2.29. The zero-order chi connectivity index (χ0) is 13.7. The number of aromatic nitrogens is 2. The van der Waals surface area contributed by atoms with Gasteiger partial charge in [0.15, 0.2) is 0 Å². The van der Waals surface area contributed by atoms with Crippen LogP contribution < -0.4 is 5.32 Å². The van der Waals surface area contributed by atoms with E-state index in [-0.39, 0.29) is 16.7 Å². The number of nitrogens with zero attached hydrogens (tertiary/aromatic N) is 3. The van der Waals surface area contributed by atoms with Gasteiger partial charge in [0, 0.05) is 26.8 Å². The zero-order valence-electron chi connectivity index (χ0n) is 11.3. The van der Waals surface area contributed by atoms with E-state index in [0.717, 1.165) is 6.42 Å². The number of nitrogens with one attached hydrogen (secondary N) is 1. The maximum absolute atomic E-state index is 11.1. The Morgan fingerprint density at radius 1 is 1.61 bits per heavy atom. The van der Waals surface area contributed by atoms with Gasteiger partial charge in [-0.25, -0.2) is 4.68 Å². The van der Waals surface area contributed by atoms with E-state index in [2.05, 4.69) is 10.4 Å². The van der Waals surface area contributed by atoms with Crippen molar-refractivity contribution in [3.63, 3.8) is 0 Å². The van der Waals surface area contributed by atoms with Crippen molar-refractivity contribution in [3.05, 3.63) is 15.8 Å². The summed E-state index contributed by atoms with van der Waals surface area (Å²) in [6.45, 7) is 4.43. The molecule has 0 saturated heterocycles. The summed E-state index contributed by atoms with van der Waals surface area (Å²) in [6, 6.07) is 0.0868. The fourth-order valence-corrected chi connectivity index (χ4v) is 1.76. The molecule has 102 valence electrons. The van der Waals surface area contributed by atoms with Crippen molar-refractivity contribution in [1.82, 2.24) is 9.78 Å². The third-order valence-corrected chi connectivity index (χ3v) is 2.75. The van der Waals surface area contributed by atoms with Crippen LogP contribution in [0.15, 0.2) is 0 Å². The van der Waals surface area contributed by atoms with Gasteiger partial charge >= 0.3 is 5.69 Å². The van der Waals surface area contributed by atoms with E-state index in [1.54, 1.807) is 14.2 Å². The predicted molar refractivity (Wildman–Crippen MR) is 68.8 cm³/mol. The van der Waals surface area contributed by atoms with E-state index in [1.807, 2.05) is 13.8 Å². The van der Waals surface area contributed by atoms with Crippen LogP contribution in [0.2, 0.25) is 0 Å². The molecule has 7 heteroatoms. The van der Waals surface area contributed by atoms with Gasteiger partial charge in [-0.15, -0.1) is 0 Å². The third-order valence-electron chi connectivity index (χ3n) is 2.75. The molecule has 18 heavy (non-hydrogen) atoms. The van der Waals surface area contributed by atoms with Crippen LogP contribution in [0.5, 0.6) is 0 Å². The maximum atomic E-state index is 11.1. The number of aryl methyl sites for hydroxylation is 2. The fourth-order valence-electron chi connectivity index (χ4n) is 1.76. The normalized spacial score (nSPS) is 12.4. The summed E-state index contributed by atoms with van der Waals surface area (Å²) in [6.07, 6.45) is 1.32. The fraction of sp³-hybridized carbons (Fsp3) is 0.727. The smallest absolute Gasteiger partial charge is 0.333 e. The number of hydrogen-bond donors (Lipinski definition) is 1. The minimum atomic E-state index is -0.378. The molecule has 0 bridgehead atoms. The van der Waals surface area contributed by atoms with Crippen molar-refractivity contribution in [2.75, 3.05) is 19.0 Å². The molecule has 0 fully saturated rings. The average molecular weight is 256 g/mol. The standard InChI is InChI=1S/C11H20N4O3/c1-5-9-10(15(16)17)11(14(3)13-9)12-8(2)6-7-18-4/h8,12H,5-7H2,1-4H3. The van der Waals surface area contributed by atoms with E-state index in [1.165, 1.54) is 4.68 Å². The molecule has 0 aromatic carbocycles. The van der Waals surface area contributed by atoms with Gasteiger partial charge in [0.05, 0.1) is 4.92 Å². The second-order valence-electron chi connectivity index (χ2n) is 4.21. The molecule has 1 aromatic rings. The molecule has 0 radical (unpaired) electrons. The van der Waals surface area contributed by atoms with E-state index in [0.29, 0.717) is 24.5 Å². The summed E-state index contributed by atoms with van der Waals surface area (Å²) in [5, 5.41) is 18.4. The van der Waals surface area contributed by atoms with Crippen molar-refractivity contribution in [1.29, 1.82) is 0 Å². The second kappa shape index (κ2) is 6.34. The molecular weight excluding hydrogens is 236 g/mol. The summed E-state index contributed by atoms with van der Waals surface area (Å²) in [4.78, 5) is 10.7. The Kier molecular flexibility index (Phi) is 5.08. The molecule has 1 heterocycles. The lowest BCUT2D eigenvalue weighted by atomic mass is 10.2. The van der Waals surface area contributed by atoms with Gasteiger partial charge in [0.2, 0.25) is 5.82 Å². The van der Waals surface area contributed by atoms with Crippen molar-refractivity contribution in [2.45, 2.75) is 32.7 Å². The first-order valence-electron chi connectivity index (χ1n) is 5.97. The lowest BCUT2D eigenvalue weighted by Gasteiger charge is -2.13. The maximum Gasteiger partial charge on any atom is 0.333 e. The minimum absolute atomic E-state index is 0.0734. The highest BCUT2D eigenvalue weighted by molar-refractivity contribution is 5.60. The molecule has 0 aliphatic rings. The van der Waals surface area contributed by atoms with E-state index in [4.69, 9.17) is 4.74 Å². The molecule has 1 unspecified atom stereocenters. The van der Waals surface area contributed by atoms with Gasteiger partial charge in [-0.3, -0.25) is 10.1 Å². The van der Waals surface area contributed by atoms with Crippen LogP contribution >= 0.6 is 0 Å². The molecule has 0 aliphatic carbocycles. The first-order valence-corrected chi connectivity index (χ1v) is 5.97. The molecule has 0 amide bonds. The Hall–Kier alpha value is -1.63. The number of hydrogen-bond acceptors (Lipinski definition) is 5. The summed E-state index contributed by atoms with van der Waals surface area (Å²) in [7, 11) is 3.34. The number of ether oxygens (including phenoxy) is 1. The minimum Gasteiger partial charge on any atom is -0.385 e. The Balaban J connectivity index is 2.93. The van der Waals surface area contributed by atoms with Crippen LogP contribution in [0.25, 0.3) is 0 Å².